The van der Waals surface area contributed by atoms with E-state index in [1.807, 2.05) is 0 Å². The molecule has 2 atom stereocenters. The first-order valence-corrected chi connectivity index (χ1v) is 7.37. The summed E-state index contributed by atoms with van der Waals surface area (Å²) >= 11 is 0. The molecular weight excluding hydrogens is 268 g/mol. The molecule has 2 rings (SSSR count). The number of nitrogen functional groups attached to an aromatic ring is 1. The van der Waals surface area contributed by atoms with Crippen LogP contribution in [0.1, 0.15) is 43.0 Å². The second kappa shape index (κ2) is 6.70. The average Bonchev–Trinajstić information content (AvgIpc) is 2.46. The van der Waals surface area contributed by atoms with Crippen LogP contribution in [0.3, 0.4) is 0 Å². The Morgan fingerprint density at radius 1 is 1.24 bits per heavy atom. The van der Waals surface area contributed by atoms with Crippen molar-refractivity contribution < 1.29 is 14.3 Å². The fraction of sp³-hybridized carbons (Fsp3) is 0.562. The number of benzene rings is 1. The van der Waals surface area contributed by atoms with Crippen molar-refractivity contribution in [3.8, 4) is 11.5 Å². The van der Waals surface area contributed by atoms with E-state index in [1.54, 1.807) is 26.4 Å². The maximum Gasteiger partial charge on any atom is 0.253 e. The third kappa shape index (κ3) is 3.60. The van der Waals surface area contributed by atoms with E-state index in [0.717, 1.165) is 19.3 Å². The molecule has 1 aliphatic rings. The molecule has 1 aromatic carbocycles. The van der Waals surface area contributed by atoms with E-state index in [0.29, 0.717) is 28.7 Å². The van der Waals surface area contributed by atoms with Gasteiger partial charge in [0, 0.05) is 17.8 Å². The van der Waals surface area contributed by atoms with Gasteiger partial charge >= 0.3 is 0 Å². The number of carbonyl (C=O) groups is 1. The number of ether oxygens (including phenoxy) is 2. The molecule has 0 aromatic heterocycles. The van der Waals surface area contributed by atoms with E-state index in [1.165, 1.54) is 6.42 Å². The zero-order chi connectivity index (χ0) is 15.4. The van der Waals surface area contributed by atoms with E-state index in [4.69, 9.17) is 15.2 Å². The second-order valence-corrected chi connectivity index (χ2v) is 5.74. The number of hydrogen-bond donors (Lipinski definition) is 2. The van der Waals surface area contributed by atoms with Gasteiger partial charge in [-0.25, -0.2) is 0 Å². The van der Waals surface area contributed by atoms with Crippen molar-refractivity contribution in [1.82, 2.24) is 5.32 Å². The van der Waals surface area contributed by atoms with Gasteiger partial charge in [0.1, 0.15) is 0 Å². The largest absolute Gasteiger partial charge is 0.493 e. The first kappa shape index (κ1) is 15.5. The van der Waals surface area contributed by atoms with Gasteiger partial charge in [-0.05, 0) is 24.8 Å². The Balaban J connectivity index is 2.15. The number of anilines is 1. The summed E-state index contributed by atoms with van der Waals surface area (Å²) in [5.41, 5.74) is 6.79. The van der Waals surface area contributed by atoms with Crippen molar-refractivity contribution in [1.29, 1.82) is 0 Å². The second-order valence-electron chi connectivity index (χ2n) is 5.74. The monoisotopic (exact) mass is 292 g/mol. The van der Waals surface area contributed by atoms with Crippen LogP contribution < -0.4 is 20.5 Å². The predicted molar refractivity (Wildman–Crippen MR) is 82.8 cm³/mol. The minimum absolute atomic E-state index is 0.146. The Labute approximate surface area is 125 Å². The van der Waals surface area contributed by atoms with Gasteiger partial charge in [-0.1, -0.05) is 19.8 Å². The minimum atomic E-state index is -0.146. The number of nitrogens with one attached hydrogen (secondary N) is 1. The van der Waals surface area contributed by atoms with Crippen LogP contribution >= 0.6 is 0 Å². The topological polar surface area (TPSA) is 73.6 Å². The molecule has 0 unspecified atom stereocenters. The third-order valence-corrected chi connectivity index (χ3v) is 4.07. The van der Waals surface area contributed by atoms with Gasteiger partial charge in [0.2, 0.25) is 0 Å². The van der Waals surface area contributed by atoms with Crippen LogP contribution in [0, 0.1) is 5.92 Å². The Morgan fingerprint density at radius 3 is 2.52 bits per heavy atom. The quantitative estimate of drug-likeness (QED) is 0.837. The molecule has 0 spiro atoms. The Morgan fingerprint density at radius 2 is 1.90 bits per heavy atom. The highest BCUT2D eigenvalue weighted by Crippen LogP contribution is 2.32. The van der Waals surface area contributed by atoms with E-state index >= 15 is 0 Å². The number of rotatable bonds is 4. The molecule has 1 fully saturated rings. The molecule has 116 valence electrons. The van der Waals surface area contributed by atoms with Gasteiger partial charge in [-0.2, -0.15) is 0 Å². The number of methoxy groups -OCH3 is 2. The van der Waals surface area contributed by atoms with Crippen LogP contribution in [0.4, 0.5) is 5.69 Å². The van der Waals surface area contributed by atoms with Crippen molar-refractivity contribution in [3.05, 3.63) is 17.7 Å². The number of hydrogen-bond acceptors (Lipinski definition) is 4. The number of nitrogens with two attached hydrogens (primary N) is 1. The van der Waals surface area contributed by atoms with Crippen molar-refractivity contribution in [3.63, 3.8) is 0 Å². The molecule has 0 radical (unpaired) electrons. The third-order valence-electron chi connectivity index (χ3n) is 4.07. The lowest BCUT2D eigenvalue weighted by Crippen LogP contribution is -2.38. The first-order chi connectivity index (χ1) is 10.0. The summed E-state index contributed by atoms with van der Waals surface area (Å²) in [6.07, 6.45) is 4.46. The number of carbonyl (C=O) groups excluding carboxylic acids is 1. The van der Waals surface area contributed by atoms with Crippen LogP contribution in [0.5, 0.6) is 11.5 Å². The highest BCUT2D eigenvalue weighted by atomic mass is 16.5. The van der Waals surface area contributed by atoms with Crippen LogP contribution in [0.2, 0.25) is 0 Å². The Bertz CT molecular complexity index is 516. The Kier molecular flexibility index (Phi) is 4.94. The molecule has 1 saturated carbocycles. The van der Waals surface area contributed by atoms with Gasteiger partial charge < -0.3 is 20.5 Å². The fourth-order valence-corrected chi connectivity index (χ4v) is 2.92. The predicted octanol–water partition coefficient (Wildman–Crippen LogP) is 2.59. The molecular formula is C16H24N2O3. The smallest absolute Gasteiger partial charge is 0.253 e. The lowest BCUT2D eigenvalue weighted by atomic mass is 9.87. The standard InChI is InChI=1S/C16H24N2O3/c1-10-5-4-6-11(7-10)18-16(19)12-8-14(20-2)15(21-3)9-13(12)17/h8-11H,4-7,17H2,1-3H3,(H,18,19)/t10-,11+/m0/s1. The van der Waals surface area contributed by atoms with Crippen LogP contribution in [-0.4, -0.2) is 26.2 Å². The van der Waals surface area contributed by atoms with Crippen molar-refractivity contribution in [2.75, 3.05) is 20.0 Å². The van der Waals surface area contributed by atoms with E-state index in [-0.39, 0.29) is 11.9 Å². The molecule has 3 N–H and O–H groups in total. The van der Waals surface area contributed by atoms with Gasteiger partial charge in [0.05, 0.1) is 19.8 Å². The summed E-state index contributed by atoms with van der Waals surface area (Å²) in [7, 11) is 3.08. The van der Waals surface area contributed by atoms with E-state index < -0.39 is 0 Å². The van der Waals surface area contributed by atoms with Gasteiger partial charge in [0.25, 0.3) is 5.91 Å². The maximum absolute atomic E-state index is 12.4. The van der Waals surface area contributed by atoms with Crippen molar-refractivity contribution >= 4 is 11.6 Å². The van der Waals surface area contributed by atoms with Crippen LogP contribution in [0.25, 0.3) is 0 Å². The normalized spacial score (nSPS) is 21.7. The van der Waals surface area contributed by atoms with Crippen LogP contribution in [-0.2, 0) is 0 Å². The van der Waals surface area contributed by atoms with Gasteiger partial charge in [-0.15, -0.1) is 0 Å². The van der Waals surface area contributed by atoms with Gasteiger partial charge in [-0.3, -0.25) is 4.79 Å². The summed E-state index contributed by atoms with van der Waals surface area (Å²) in [5.74, 6) is 1.55. The zero-order valence-electron chi connectivity index (χ0n) is 12.9. The minimum Gasteiger partial charge on any atom is -0.493 e. The lowest BCUT2D eigenvalue weighted by Gasteiger charge is -2.27. The van der Waals surface area contributed by atoms with E-state index in [9.17, 15) is 4.79 Å². The highest BCUT2D eigenvalue weighted by Gasteiger charge is 2.22. The molecule has 1 amide bonds. The summed E-state index contributed by atoms with van der Waals surface area (Å²) < 4.78 is 10.4. The summed E-state index contributed by atoms with van der Waals surface area (Å²) in [5, 5.41) is 3.08. The molecule has 1 aliphatic carbocycles. The maximum atomic E-state index is 12.4. The summed E-state index contributed by atoms with van der Waals surface area (Å²) in [6.45, 7) is 2.23. The molecule has 0 heterocycles. The van der Waals surface area contributed by atoms with E-state index in [2.05, 4.69) is 12.2 Å². The first-order valence-electron chi connectivity index (χ1n) is 7.37. The summed E-state index contributed by atoms with van der Waals surface area (Å²) in [6, 6.07) is 3.49. The van der Waals surface area contributed by atoms with Gasteiger partial charge in [0.15, 0.2) is 11.5 Å². The highest BCUT2D eigenvalue weighted by molar-refractivity contribution is 6.00. The summed E-state index contributed by atoms with van der Waals surface area (Å²) in [4.78, 5) is 12.4. The van der Waals surface area contributed by atoms with Crippen LogP contribution in [0.15, 0.2) is 12.1 Å². The SMILES string of the molecule is COc1cc(N)c(C(=O)N[C@@H]2CCC[C@H](C)C2)cc1OC. The molecule has 0 saturated heterocycles. The molecule has 5 nitrogen and oxygen atoms in total. The van der Waals surface area contributed by atoms with Crippen molar-refractivity contribution in [2.45, 2.75) is 38.6 Å². The number of amides is 1. The molecule has 0 aliphatic heterocycles. The lowest BCUT2D eigenvalue weighted by molar-refractivity contribution is 0.0922. The van der Waals surface area contributed by atoms with Crippen molar-refractivity contribution in [2.24, 2.45) is 5.92 Å². The zero-order valence-corrected chi connectivity index (χ0v) is 12.9. The molecule has 5 heteroatoms. The fourth-order valence-electron chi connectivity index (χ4n) is 2.92. The Hall–Kier alpha value is -1.91. The average molecular weight is 292 g/mol. The molecule has 1 aromatic rings. The molecule has 21 heavy (non-hydrogen) atoms. The molecule has 0 bridgehead atoms.